The third-order valence-electron chi connectivity index (χ3n) is 7.61. The van der Waals surface area contributed by atoms with Crippen molar-refractivity contribution in [3.05, 3.63) is 0 Å². The fourth-order valence-corrected chi connectivity index (χ4v) is 6.83. The summed E-state index contributed by atoms with van der Waals surface area (Å²) in [5.41, 5.74) is 0. The van der Waals surface area contributed by atoms with Crippen LogP contribution < -0.4 is 0 Å². The van der Waals surface area contributed by atoms with Gasteiger partial charge in [0.15, 0.2) is 0 Å². The normalized spacial score (nSPS) is 52.4. The van der Waals surface area contributed by atoms with E-state index in [4.69, 9.17) is 0 Å². The molecule has 1 heteroatoms. The lowest BCUT2D eigenvalue weighted by Gasteiger charge is -2.50. The van der Waals surface area contributed by atoms with Gasteiger partial charge in [0.1, 0.15) is 0 Å². The topological polar surface area (TPSA) is 20.2 Å². The second-order valence-electron chi connectivity index (χ2n) is 8.44. The molecule has 0 amide bonds. The number of rotatable bonds is 0. The summed E-state index contributed by atoms with van der Waals surface area (Å²) in [4.78, 5) is 0. The van der Waals surface area contributed by atoms with Gasteiger partial charge < -0.3 is 5.11 Å². The van der Waals surface area contributed by atoms with Gasteiger partial charge in [-0.25, -0.2) is 0 Å². The predicted molar refractivity (Wildman–Crippen MR) is 82.4 cm³/mol. The predicted octanol–water partition coefficient (Wildman–Crippen LogP) is 4.78. The maximum absolute atomic E-state index is 9.99. The molecule has 0 aliphatic heterocycles. The first-order chi connectivity index (χ1) is 9.83. The summed E-state index contributed by atoms with van der Waals surface area (Å²) in [7, 11) is 0. The summed E-state index contributed by atoms with van der Waals surface area (Å²) in [5, 5.41) is 9.99. The molecule has 1 nitrogen and oxygen atoms in total. The monoisotopic (exact) mass is 276 g/mol. The molecule has 7 unspecified atom stereocenters. The summed E-state index contributed by atoms with van der Waals surface area (Å²) in [6.45, 7) is 0. The van der Waals surface area contributed by atoms with Crippen molar-refractivity contribution >= 4 is 0 Å². The van der Waals surface area contributed by atoms with Crippen LogP contribution in [0, 0.1) is 35.5 Å². The molecule has 4 saturated carbocycles. The van der Waals surface area contributed by atoms with Gasteiger partial charge in [-0.3, -0.25) is 0 Å². The summed E-state index contributed by atoms with van der Waals surface area (Å²) < 4.78 is 0. The van der Waals surface area contributed by atoms with Crippen molar-refractivity contribution in [3.63, 3.8) is 0 Å². The Hall–Kier alpha value is -0.0400. The Morgan fingerprint density at radius 2 is 1.15 bits per heavy atom. The van der Waals surface area contributed by atoms with E-state index in [1.165, 1.54) is 44.9 Å². The maximum atomic E-state index is 9.99. The van der Waals surface area contributed by atoms with Crippen LogP contribution in [0.3, 0.4) is 0 Å². The molecular formula is C19H32O. The Bertz CT molecular complexity index is 339. The fourth-order valence-electron chi connectivity index (χ4n) is 6.83. The summed E-state index contributed by atoms with van der Waals surface area (Å²) in [6, 6.07) is 0. The molecule has 0 heterocycles. The van der Waals surface area contributed by atoms with Gasteiger partial charge in [0.05, 0.1) is 6.10 Å². The maximum Gasteiger partial charge on any atom is 0.0543 e. The number of fused-ring (bicyclic) bond motifs is 5. The lowest BCUT2D eigenvalue weighted by Crippen LogP contribution is -2.43. The average Bonchev–Trinajstić information content (AvgIpc) is 2.88. The Kier molecular flexibility index (Phi) is 3.83. The molecule has 0 aromatic heterocycles. The average molecular weight is 276 g/mol. The van der Waals surface area contributed by atoms with Gasteiger partial charge in [-0.05, 0) is 80.5 Å². The fraction of sp³-hybridized carbons (Fsp3) is 1.00. The first kappa shape index (κ1) is 13.6. The van der Waals surface area contributed by atoms with Crippen molar-refractivity contribution in [2.45, 2.75) is 83.2 Å². The number of aliphatic hydroxyl groups excluding tert-OH is 1. The molecule has 4 aliphatic rings. The molecule has 4 rings (SSSR count). The van der Waals surface area contributed by atoms with E-state index in [-0.39, 0.29) is 6.10 Å². The van der Waals surface area contributed by atoms with E-state index in [1.54, 1.807) is 19.3 Å². The minimum Gasteiger partial charge on any atom is -0.393 e. The molecule has 0 spiro atoms. The molecule has 114 valence electrons. The van der Waals surface area contributed by atoms with E-state index in [9.17, 15) is 5.11 Å². The Labute approximate surface area is 124 Å². The van der Waals surface area contributed by atoms with Crippen LogP contribution in [0.2, 0.25) is 0 Å². The highest BCUT2D eigenvalue weighted by atomic mass is 16.3. The molecule has 0 saturated heterocycles. The molecule has 0 radical (unpaired) electrons. The van der Waals surface area contributed by atoms with Gasteiger partial charge in [0.25, 0.3) is 0 Å². The number of aliphatic hydroxyl groups is 1. The Morgan fingerprint density at radius 3 is 2.10 bits per heavy atom. The highest BCUT2D eigenvalue weighted by molar-refractivity contribution is 4.96. The third-order valence-corrected chi connectivity index (χ3v) is 7.61. The van der Waals surface area contributed by atoms with Gasteiger partial charge in [-0.15, -0.1) is 0 Å². The smallest absolute Gasteiger partial charge is 0.0543 e. The zero-order chi connectivity index (χ0) is 13.5. The minimum absolute atomic E-state index is 0.0283. The van der Waals surface area contributed by atoms with Gasteiger partial charge >= 0.3 is 0 Å². The van der Waals surface area contributed by atoms with E-state index in [1.807, 2.05) is 0 Å². The van der Waals surface area contributed by atoms with Crippen molar-refractivity contribution in [2.24, 2.45) is 35.5 Å². The highest BCUT2D eigenvalue weighted by Gasteiger charge is 2.46. The van der Waals surface area contributed by atoms with Crippen molar-refractivity contribution in [1.29, 1.82) is 0 Å². The number of hydrogen-bond donors (Lipinski definition) is 1. The lowest BCUT2D eigenvalue weighted by molar-refractivity contribution is -0.0317. The molecular weight excluding hydrogens is 244 g/mol. The van der Waals surface area contributed by atoms with E-state index < -0.39 is 0 Å². The first-order valence-electron chi connectivity index (χ1n) is 9.51. The van der Waals surface area contributed by atoms with E-state index in [0.29, 0.717) is 0 Å². The largest absolute Gasteiger partial charge is 0.393 e. The van der Waals surface area contributed by atoms with Gasteiger partial charge in [0, 0.05) is 0 Å². The lowest BCUT2D eigenvalue weighted by atomic mass is 9.55. The van der Waals surface area contributed by atoms with Gasteiger partial charge in [-0.2, -0.15) is 0 Å². The second-order valence-corrected chi connectivity index (χ2v) is 8.44. The summed E-state index contributed by atoms with van der Waals surface area (Å²) >= 11 is 0. The van der Waals surface area contributed by atoms with Crippen LogP contribution in [0.15, 0.2) is 0 Å². The molecule has 7 atom stereocenters. The molecule has 4 fully saturated rings. The molecule has 1 N–H and O–H groups in total. The van der Waals surface area contributed by atoms with Crippen LogP contribution in [0.4, 0.5) is 0 Å². The van der Waals surface area contributed by atoms with E-state index >= 15 is 0 Å². The van der Waals surface area contributed by atoms with Crippen molar-refractivity contribution in [1.82, 2.24) is 0 Å². The molecule has 0 bridgehead atoms. The van der Waals surface area contributed by atoms with Crippen molar-refractivity contribution in [2.75, 3.05) is 0 Å². The third kappa shape index (κ3) is 2.34. The minimum atomic E-state index is 0.0283. The van der Waals surface area contributed by atoms with Crippen molar-refractivity contribution in [3.8, 4) is 0 Å². The molecule has 20 heavy (non-hydrogen) atoms. The van der Waals surface area contributed by atoms with Crippen LogP contribution in [0.1, 0.15) is 77.0 Å². The SMILES string of the molecule is OC1CCC2C(CCC3C4CCCC4CCCCC23)C1. The van der Waals surface area contributed by atoms with Crippen molar-refractivity contribution < 1.29 is 5.11 Å². The summed E-state index contributed by atoms with van der Waals surface area (Å²) in [6.07, 6.45) is 17.2. The second kappa shape index (κ2) is 5.63. The molecule has 0 aromatic rings. The van der Waals surface area contributed by atoms with Crippen LogP contribution in [-0.2, 0) is 0 Å². The van der Waals surface area contributed by atoms with Crippen LogP contribution >= 0.6 is 0 Å². The summed E-state index contributed by atoms with van der Waals surface area (Å²) in [5.74, 6) is 6.14. The van der Waals surface area contributed by atoms with E-state index in [0.717, 1.165) is 48.3 Å². The Balaban J connectivity index is 1.55. The number of hydrogen-bond acceptors (Lipinski definition) is 1. The molecule has 4 aliphatic carbocycles. The van der Waals surface area contributed by atoms with E-state index in [2.05, 4.69) is 0 Å². The van der Waals surface area contributed by atoms with Gasteiger partial charge in [0.2, 0.25) is 0 Å². The van der Waals surface area contributed by atoms with Crippen LogP contribution in [0.5, 0.6) is 0 Å². The zero-order valence-corrected chi connectivity index (χ0v) is 13.0. The van der Waals surface area contributed by atoms with Gasteiger partial charge in [-0.1, -0.05) is 32.1 Å². The zero-order valence-electron chi connectivity index (χ0n) is 13.0. The quantitative estimate of drug-likeness (QED) is 0.675. The van der Waals surface area contributed by atoms with Crippen LogP contribution in [0.25, 0.3) is 0 Å². The highest BCUT2D eigenvalue weighted by Crippen LogP contribution is 2.55. The molecule has 0 aromatic carbocycles. The Morgan fingerprint density at radius 1 is 0.500 bits per heavy atom. The first-order valence-corrected chi connectivity index (χ1v) is 9.51. The van der Waals surface area contributed by atoms with Crippen LogP contribution in [-0.4, -0.2) is 11.2 Å². The standard InChI is InChI=1S/C19H32O/c20-15-9-11-17-14(12-15)8-10-19-16-7-3-5-13(16)4-1-2-6-18(17)19/h13-20H,1-12H2.